The molecule has 7 nitrogen and oxygen atoms in total. The van der Waals surface area contributed by atoms with Gasteiger partial charge in [-0.15, -0.1) is 0 Å². The molecule has 1 N–H and O–H groups in total. The number of ether oxygens (including phenoxy) is 1. The SMILES string of the molecule is CC(=O)N1c2cnc(NC(=O)OCc3ccccc3)nc2C2(CCCCC2)C1(C)C. The number of fused-ring (bicyclic) bond motifs is 2. The Morgan fingerprint density at radius 3 is 2.50 bits per heavy atom. The van der Waals surface area contributed by atoms with Gasteiger partial charge in [0.2, 0.25) is 11.9 Å². The summed E-state index contributed by atoms with van der Waals surface area (Å²) >= 11 is 0. The van der Waals surface area contributed by atoms with Gasteiger partial charge in [0.1, 0.15) is 6.61 Å². The molecule has 2 heterocycles. The van der Waals surface area contributed by atoms with E-state index in [1.54, 1.807) is 13.1 Å². The number of hydrogen-bond acceptors (Lipinski definition) is 5. The van der Waals surface area contributed by atoms with Crippen LogP contribution in [0.4, 0.5) is 16.4 Å². The highest BCUT2D eigenvalue weighted by Gasteiger charge is 2.59. The average Bonchev–Trinajstić information content (AvgIpc) is 2.91. The number of nitrogens with zero attached hydrogens (tertiary/aromatic N) is 3. The Morgan fingerprint density at radius 1 is 1.13 bits per heavy atom. The van der Waals surface area contributed by atoms with Crippen LogP contribution in [-0.2, 0) is 21.6 Å². The minimum Gasteiger partial charge on any atom is -0.444 e. The lowest BCUT2D eigenvalue weighted by Gasteiger charge is -2.47. The van der Waals surface area contributed by atoms with E-state index in [1.807, 2.05) is 35.2 Å². The molecule has 7 heteroatoms. The quantitative estimate of drug-likeness (QED) is 0.804. The van der Waals surface area contributed by atoms with Crippen LogP contribution in [0.15, 0.2) is 36.5 Å². The summed E-state index contributed by atoms with van der Waals surface area (Å²) in [5.41, 5.74) is 1.87. The maximum atomic E-state index is 12.5. The number of carbonyl (C=O) groups excluding carboxylic acids is 2. The number of anilines is 2. The lowest BCUT2D eigenvalue weighted by molar-refractivity contribution is -0.118. The minimum absolute atomic E-state index is 0.0183. The van der Waals surface area contributed by atoms with Gasteiger partial charge < -0.3 is 9.64 Å². The molecule has 30 heavy (non-hydrogen) atoms. The van der Waals surface area contributed by atoms with E-state index in [0.29, 0.717) is 0 Å². The molecule has 1 aliphatic heterocycles. The molecule has 0 unspecified atom stereocenters. The fraction of sp³-hybridized carbons (Fsp3) is 0.478. The van der Waals surface area contributed by atoms with Gasteiger partial charge in [0.05, 0.1) is 23.1 Å². The van der Waals surface area contributed by atoms with Crippen LogP contribution in [0.1, 0.15) is 64.1 Å². The van der Waals surface area contributed by atoms with Crippen molar-refractivity contribution in [3.63, 3.8) is 0 Å². The van der Waals surface area contributed by atoms with E-state index in [9.17, 15) is 9.59 Å². The van der Waals surface area contributed by atoms with Crippen molar-refractivity contribution in [3.8, 4) is 0 Å². The third-order valence-electron chi connectivity index (χ3n) is 6.64. The molecule has 1 aromatic carbocycles. The van der Waals surface area contributed by atoms with Crippen LogP contribution in [0.3, 0.4) is 0 Å². The Hall–Kier alpha value is -2.96. The first-order chi connectivity index (χ1) is 14.3. The summed E-state index contributed by atoms with van der Waals surface area (Å²) in [7, 11) is 0. The summed E-state index contributed by atoms with van der Waals surface area (Å²) in [6.45, 7) is 5.98. The van der Waals surface area contributed by atoms with E-state index in [1.165, 1.54) is 6.42 Å². The third kappa shape index (κ3) is 3.32. The standard InChI is InChI=1S/C23H28N4O3/c1-16(28)27-18-14-24-20(26-21(29)30-15-17-10-6-4-7-11-17)25-19(18)23(22(27,2)3)12-8-5-9-13-23/h4,6-7,10-11,14H,5,8-9,12-13,15H2,1-3H3,(H,24,25,26,29). The first kappa shape index (κ1) is 20.3. The number of amides is 2. The maximum absolute atomic E-state index is 12.5. The molecule has 0 radical (unpaired) electrons. The molecular formula is C23H28N4O3. The summed E-state index contributed by atoms with van der Waals surface area (Å²) in [5, 5.41) is 2.65. The normalized spacial score (nSPS) is 18.7. The number of aromatic nitrogens is 2. The molecule has 0 saturated heterocycles. The van der Waals surface area contributed by atoms with Crippen molar-refractivity contribution >= 4 is 23.6 Å². The number of carbonyl (C=O) groups is 2. The summed E-state index contributed by atoms with van der Waals surface area (Å²) in [6, 6.07) is 9.49. The highest BCUT2D eigenvalue weighted by atomic mass is 16.5. The zero-order valence-corrected chi connectivity index (χ0v) is 17.8. The lowest BCUT2D eigenvalue weighted by atomic mass is 9.62. The number of rotatable bonds is 3. The largest absolute Gasteiger partial charge is 0.444 e. The first-order valence-electron chi connectivity index (χ1n) is 10.5. The molecule has 2 aliphatic rings. The predicted molar refractivity (Wildman–Crippen MR) is 114 cm³/mol. The third-order valence-corrected chi connectivity index (χ3v) is 6.64. The Morgan fingerprint density at radius 2 is 1.83 bits per heavy atom. The van der Waals surface area contributed by atoms with Crippen LogP contribution in [0.25, 0.3) is 0 Å². The summed E-state index contributed by atoms with van der Waals surface area (Å²) in [5.74, 6) is 0.188. The Kier molecular flexibility index (Phi) is 5.22. The molecule has 1 fully saturated rings. The Bertz CT molecular complexity index is 952. The fourth-order valence-corrected chi connectivity index (χ4v) is 5.17. The Balaban J connectivity index is 1.59. The molecule has 1 saturated carbocycles. The van der Waals surface area contributed by atoms with Gasteiger partial charge in [0, 0.05) is 12.3 Å². The lowest BCUT2D eigenvalue weighted by Crippen LogP contribution is -2.56. The molecule has 2 aromatic rings. The molecule has 1 spiro atoms. The predicted octanol–water partition coefficient (Wildman–Crippen LogP) is 4.57. The van der Waals surface area contributed by atoms with Gasteiger partial charge in [0.15, 0.2) is 0 Å². The summed E-state index contributed by atoms with van der Waals surface area (Å²) < 4.78 is 5.29. The zero-order valence-electron chi connectivity index (χ0n) is 17.8. The van der Waals surface area contributed by atoms with Gasteiger partial charge in [-0.05, 0) is 32.3 Å². The van der Waals surface area contributed by atoms with Crippen molar-refractivity contribution in [1.29, 1.82) is 0 Å². The van der Waals surface area contributed by atoms with Crippen molar-refractivity contribution < 1.29 is 14.3 Å². The highest BCUT2D eigenvalue weighted by Crippen LogP contribution is 2.57. The van der Waals surface area contributed by atoms with Crippen molar-refractivity contribution in [2.75, 3.05) is 10.2 Å². The van der Waals surface area contributed by atoms with Crippen molar-refractivity contribution in [2.24, 2.45) is 0 Å². The van der Waals surface area contributed by atoms with Gasteiger partial charge in [-0.25, -0.2) is 14.8 Å². The monoisotopic (exact) mass is 408 g/mol. The molecule has 1 aliphatic carbocycles. The average molecular weight is 409 g/mol. The van der Waals surface area contributed by atoms with E-state index >= 15 is 0 Å². The van der Waals surface area contributed by atoms with Crippen LogP contribution in [0, 0.1) is 0 Å². The van der Waals surface area contributed by atoms with Crippen LogP contribution in [0.5, 0.6) is 0 Å². The highest BCUT2D eigenvalue weighted by molar-refractivity contribution is 5.96. The summed E-state index contributed by atoms with van der Waals surface area (Å²) in [6.07, 6.45) is 6.37. The van der Waals surface area contributed by atoms with Gasteiger partial charge in [0.25, 0.3) is 0 Å². The molecule has 4 rings (SSSR count). The second-order valence-electron chi connectivity index (χ2n) is 8.67. The molecular weight excluding hydrogens is 380 g/mol. The molecule has 0 atom stereocenters. The maximum Gasteiger partial charge on any atom is 0.414 e. The van der Waals surface area contributed by atoms with Crippen molar-refractivity contribution in [3.05, 3.63) is 47.8 Å². The van der Waals surface area contributed by atoms with E-state index in [4.69, 9.17) is 9.72 Å². The van der Waals surface area contributed by atoms with E-state index < -0.39 is 11.6 Å². The van der Waals surface area contributed by atoms with E-state index in [-0.39, 0.29) is 23.9 Å². The van der Waals surface area contributed by atoms with E-state index in [0.717, 1.165) is 42.6 Å². The fourth-order valence-electron chi connectivity index (χ4n) is 5.17. The van der Waals surface area contributed by atoms with Gasteiger partial charge in [-0.1, -0.05) is 49.6 Å². The van der Waals surface area contributed by atoms with Gasteiger partial charge in [-0.2, -0.15) is 0 Å². The van der Waals surface area contributed by atoms with Crippen molar-refractivity contribution in [1.82, 2.24) is 9.97 Å². The zero-order chi connectivity index (χ0) is 21.4. The van der Waals surface area contributed by atoms with Crippen LogP contribution < -0.4 is 10.2 Å². The number of nitrogens with one attached hydrogen (secondary N) is 1. The van der Waals surface area contributed by atoms with Crippen LogP contribution in [0.2, 0.25) is 0 Å². The summed E-state index contributed by atoms with van der Waals surface area (Å²) in [4.78, 5) is 35.7. The van der Waals surface area contributed by atoms with Gasteiger partial charge in [-0.3, -0.25) is 10.1 Å². The smallest absolute Gasteiger partial charge is 0.414 e. The molecule has 1 aromatic heterocycles. The second kappa shape index (κ2) is 7.70. The molecule has 2 amide bonds. The topological polar surface area (TPSA) is 84.4 Å². The van der Waals surface area contributed by atoms with Crippen LogP contribution >= 0.6 is 0 Å². The number of benzene rings is 1. The van der Waals surface area contributed by atoms with Gasteiger partial charge >= 0.3 is 6.09 Å². The second-order valence-corrected chi connectivity index (χ2v) is 8.67. The minimum atomic E-state index is -0.600. The van der Waals surface area contributed by atoms with Crippen molar-refractivity contribution in [2.45, 2.75) is 70.4 Å². The molecule has 0 bridgehead atoms. The van der Waals surface area contributed by atoms with Crippen LogP contribution in [-0.4, -0.2) is 27.5 Å². The first-order valence-corrected chi connectivity index (χ1v) is 10.5. The molecule has 158 valence electrons. The Labute approximate surface area is 176 Å². The van der Waals surface area contributed by atoms with E-state index in [2.05, 4.69) is 24.1 Å². The number of hydrogen-bond donors (Lipinski definition) is 1.